The third-order valence-corrected chi connectivity index (χ3v) is 2.45. The number of ether oxygens (including phenoxy) is 1. The quantitative estimate of drug-likeness (QED) is 0.616. The van der Waals surface area contributed by atoms with E-state index in [0.29, 0.717) is 13.2 Å². The lowest BCUT2D eigenvalue weighted by molar-refractivity contribution is -0.137. The first-order valence-electron chi connectivity index (χ1n) is 5.74. The number of alkyl halides is 3. The summed E-state index contributed by atoms with van der Waals surface area (Å²) in [7, 11) is 0. The molecule has 1 aromatic carbocycles. The summed E-state index contributed by atoms with van der Waals surface area (Å²) in [4.78, 5) is 0. The van der Waals surface area contributed by atoms with E-state index < -0.39 is 11.7 Å². The van der Waals surface area contributed by atoms with Crippen molar-refractivity contribution in [2.45, 2.75) is 25.4 Å². The number of hydrogen-bond donors (Lipinski definition) is 2. The second kappa shape index (κ2) is 9.96. The Hall–Kier alpha value is -0.850. The number of nitrogen functional groups attached to an aromatic ring is 1. The SMILES string of the molecule is Cl.Cl.NCCCCCOc1ccc(N)c(C(F)(F)F)c1. The van der Waals surface area contributed by atoms with E-state index in [2.05, 4.69) is 0 Å². The average Bonchev–Trinajstić information content (AvgIpc) is 2.29. The van der Waals surface area contributed by atoms with E-state index in [1.807, 2.05) is 0 Å². The molecule has 0 fully saturated rings. The van der Waals surface area contributed by atoms with Crippen LogP contribution in [-0.4, -0.2) is 13.2 Å². The highest BCUT2D eigenvalue weighted by molar-refractivity contribution is 5.85. The molecule has 118 valence electrons. The fraction of sp³-hybridized carbons (Fsp3) is 0.500. The third kappa shape index (κ3) is 7.07. The van der Waals surface area contributed by atoms with Crippen LogP contribution in [0.3, 0.4) is 0 Å². The molecule has 4 N–H and O–H groups in total. The zero-order valence-corrected chi connectivity index (χ0v) is 12.4. The van der Waals surface area contributed by atoms with Gasteiger partial charge in [0.1, 0.15) is 5.75 Å². The molecule has 1 aromatic rings. The van der Waals surface area contributed by atoms with Gasteiger partial charge in [0.25, 0.3) is 0 Å². The van der Waals surface area contributed by atoms with Crippen LogP contribution in [0, 0.1) is 0 Å². The highest BCUT2D eigenvalue weighted by Crippen LogP contribution is 2.35. The molecule has 1 rings (SSSR count). The average molecular weight is 335 g/mol. The molecule has 0 aromatic heterocycles. The van der Waals surface area contributed by atoms with Crippen LogP contribution in [0.15, 0.2) is 18.2 Å². The van der Waals surface area contributed by atoms with Gasteiger partial charge in [0.2, 0.25) is 0 Å². The predicted octanol–water partition coefficient (Wildman–Crippen LogP) is 3.64. The predicted molar refractivity (Wildman–Crippen MR) is 78.8 cm³/mol. The van der Waals surface area contributed by atoms with Crippen molar-refractivity contribution in [2.24, 2.45) is 5.73 Å². The van der Waals surface area contributed by atoms with E-state index in [9.17, 15) is 13.2 Å². The molecule has 0 aliphatic rings. The van der Waals surface area contributed by atoms with Crippen molar-refractivity contribution in [3.63, 3.8) is 0 Å². The van der Waals surface area contributed by atoms with Gasteiger partial charge in [-0.25, -0.2) is 0 Å². The summed E-state index contributed by atoms with van der Waals surface area (Å²) in [5.41, 5.74) is 9.45. The van der Waals surface area contributed by atoms with Crippen molar-refractivity contribution in [3.8, 4) is 5.75 Å². The molecule has 0 unspecified atom stereocenters. The Balaban J connectivity index is 0. The first kappa shape index (κ1) is 21.4. The van der Waals surface area contributed by atoms with E-state index in [0.717, 1.165) is 25.3 Å². The van der Waals surface area contributed by atoms with Crippen LogP contribution in [0.5, 0.6) is 5.75 Å². The summed E-state index contributed by atoms with van der Waals surface area (Å²) in [5, 5.41) is 0. The lowest BCUT2D eigenvalue weighted by Gasteiger charge is -2.12. The summed E-state index contributed by atoms with van der Waals surface area (Å²) < 4.78 is 43.0. The minimum atomic E-state index is -4.46. The largest absolute Gasteiger partial charge is 0.494 e. The van der Waals surface area contributed by atoms with Gasteiger partial charge in [0.15, 0.2) is 0 Å². The monoisotopic (exact) mass is 334 g/mol. The van der Waals surface area contributed by atoms with Gasteiger partial charge in [-0.2, -0.15) is 13.2 Å². The molecule has 0 bridgehead atoms. The zero-order valence-electron chi connectivity index (χ0n) is 10.8. The van der Waals surface area contributed by atoms with E-state index in [1.165, 1.54) is 12.1 Å². The van der Waals surface area contributed by atoms with Gasteiger partial charge in [-0.1, -0.05) is 0 Å². The van der Waals surface area contributed by atoms with Crippen LogP contribution in [0.4, 0.5) is 18.9 Å². The van der Waals surface area contributed by atoms with Crippen LogP contribution in [0.25, 0.3) is 0 Å². The Kier molecular flexibility index (Phi) is 10.7. The van der Waals surface area contributed by atoms with Crippen LogP contribution in [0.2, 0.25) is 0 Å². The van der Waals surface area contributed by atoms with Crippen molar-refractivity contribution >= 4 is 30.5 Å². The van der Waals surface area contributed by atoms with Crippen molar-refractivity contribution in [2.75, 3.05) is 18.9 Å². The fourth-order valence-corrected chi connectivity index (χ4v) is 1.48. The van der Waals surface area contributed by atoms with Gasteiger partial charge in [-0.3, -0.25) is 0 Å². The van der Waals surface area contributed by atoms with Crippen LogP contribution >= 0.6 is 24.8 Å². The normalized spacial score (nSPS) is 10.4. The minimum Gasteiger partial charge on any atom is -0.494 e. The molecule has 0 amide bonds. The molecule has 0 aliphatic heterocycles. The molecule has 3 nitrogen and oxygen atoms in total. The Bertz CT molecular complexity index is 389. The topological polar surface area (TPSA) is 61.3 Å². The summed E-state index contributed by atoms with van der Waals surface area (Å²) in [6.07, 6.45) is -1.90. The maximum absolute atomic E-state index is 12.6. The lowest BCUT2D eigenvalue weighted by atomic mass is 10.1. The Morgan fingerprint density at radius 2 is 1.70 bits per heavy atom. The molecule has 0 atom stereocenters. The number of halogens is 5. The van der Waals surface area contributed by atoms with E-state index in [4.69, 9.17) is 16.2 Å². The van der Waals surface area contributed by atoms with Gasteiger partial charge < -0.3 is 16.2 Å². The van der Waals surface area contributed by atoms with Gasteiger partial charge in [-0.05, 0) is 44.0 Å². The Morgan fingerprint density at radius 1 is 1.05 bits per heavy atom. The number of unbranched alkanes of at least 4 members (excludes halogenated alkanes) is 2. The molecule has 8 heteroatoms. The maximum atomic E-state index is 12.6. The fourth-order valence-electron chi connectivity index (χ4n) is 1.48. The molecule has 0 saturated carbocycles. The number of nitrogens with two attached hydrogens (primary N) is 2. The molecule has 0 spiro atoms. The third-order valence-electron chi connectivity index (χ3n) is 2.45. The molecular weight excluding hydrogens is 316 g/mol. The highest BCUT2D eigenvalue weighted by Gasteiger charge is 2.33. The maximum Gasteiger partial charge on any atom is 0.418 e. The number of benzene rings is 1. The van der Waals surface area contributed by atoms with Crippen LogP contribution in [-0.2, 0) is 6.18 Å². The van der Waals surface area contributed by atoms with Gasteiger partial charge in [0, 0.05) is 5.69 Å². The molecule has 0 aliphatic carbocycles. The molecule has 0 heterocycles. The van der Waals surface area contributed by atoms with E-state index >= 15 is 0 Å². The van der Waals surface area contributed by atoms with Crippen molar-refractivity contribution in [1.82, 2.24) is 0 Å². The molecular formula is C12H19Cl2F3N2O. The molecule has 20 heavy (non-hydrogen) atoms. The molecule has 0 saturated heterocycles. The second-order valence-electron chi connectivity index (χ2n) is 3.94. The summed E-state index contributed by atoms with van der Waals surface area (Å²) >= 11 is 0. The van der Waals surface area contributed by atoms with Crippen molar-refractivity contribution in [3.05, 3.63) is 23.8 Å². The standard InChI is InChI=1S/C12H17F3N2O.2ClH/c13-12(14,15)10-8-9(4-5-11(10)17)18-7-3-1-2-6-16;;/h4-5,8H,1-3,6-7,16-17H2;2*1H. The van der Waals surface area contributed by atoms with Crippen LogP contribution < -0.4 is 16.2 Å². The Morgan fingerprint density at radius 3 is 2.25 bits per heavy atom. The minimum absolute atomic E-state index is 0. The number of anilines is 1. The summed E-state index contributed by atoms with van der Waals surface area (Å²) in [6.45, 7) is 0.987. The second-order valence-corrected chi connectivity index (χ2v) is 3.94. The summed E-state index contributed by atoms with van der Waals surface area (Å²) in [5.74, 6) is 0.185. The van der Waals surface area contributed by atoms with Crippen molar-refractivity contribution < 1.29 is 17.9 Å². The van der Waals surface area contributed by atoms with Gasteiger partial charge in [0.05, 0.1) is 12.2 Å². The lowest BCUT2D eigenvalue weighted by Crippen LogP contribution is -2.09. The van der Waals surface area contributed by atoms with Gasteiger partial charge >= 0.3 is 6.18 Å². The van der Waals surface area contributed by atoms with E-state index in [-0.39, 0.29) is 36.3 Å². The van der Waals surface area contributed by atoms with Crippen molar-refractivity contribution in [1.29, 1.82) is 0 Å². The molecule has 0 radical (unpaired) electrons. The zero-order chi connectivity index (χ0) is 13.6. The summed E-state index contributed by atoms with van der Waals surface area (Å²) in [6, 6.07) is 3.57. The van der Waals surface area contributed by atoms with E-state index in [1.54, 1.807) is 0 Å². The number of rotatable bonds is 6. The van der Waals surface area contributed by atoms with Gasteiger partial charge in [-0.15, -0.1) is 24.8 Å². The highest BCUT2D eigenvalue weighted by atomic mass is 35.5. The first-order chi connectivity index (χ1) is 8.45. The first-order valence-corrected chi connectivity index (χ1v) is 5.74. The van der Waals surface area contributed by atoms with Crippen LogP contribution in [0.1, 0.15) is 24.8 Å². The number of hydrogen-bond acceptors (Lipinski definition) is 3. The smallest absolute Gasteiger partial charge is 0.418 e. The Labute approximate surface area is 128 Å².